The van der Waals surface area contributed by atoms with E-state index in [1.54, 1.807) is 0 Å². The van der Waals surface area contributed by atoms with Crippen LogP contribution < -0.4 is 0 Å². The molecule has 0 radical (unpaired) electrons. The summed E-state index contributed by atoms with van der Waals surface area (Å²) in [5, 5.41) is 0. The van der Waals surface area contributed by atoms with Crippen LogP contribution in [0.2, 0.25) is 0 Å². The fraction of sp³-hybridized carbons (Fsp3) is 0.882. The van der Waals surface area contributed by atoms with E-state index in [0.29, 0.717) is 32.8 Å². The highest BCUT2D eigenvalue weighted by Gasteiger charge is 2.41. The highest BCUT2D eigenvalue weighted by atomic mass is 16.5. The fourth-order valence-corrected chi connectivity index (χ4v) is 4.16. The number of hydrogen-bond acceptors (Lipinski definition) is 3. The van der Waals surface area contributed by atoms with Crippen molar-refractivity contribution >= 4 is 11.8 Å². The van der Waals surface area contributed by atoms with Crippen LogP contribution in [0.5, 0.6) is 0 Å². The molecule has 0 aromatic rings. The van der Waals surface area contributed by atoms with Crippen LogP contribution in [0.3, 0.4) is 0 Å². The summed E-state index contributed by atoms with van der Waals surface area (Å²) in [6.07, 6.45) is 6.19. The number of hydrogen-bond donors (Lipinski definition) is 0. The molecular formula is C17H28N2O3. The molecule has 1 atom stereocenters. The van der Waals surface area contributed by atoms with Crippen LogP contribution in [-0.2, 0) is 14.3 Å². The maximum absolute atomic E-state index is 12.8. The van der Waals surface area contributed by atoms with Gasteiger partial charge in [0.05, 0.1) is 19.1 Å². The first kappa shape index (κ1) is 15.8. The maximum atomic E-state index is 12.8. The van der Waals surface area contributed by atoms with E-state index >= 15 is 0 Å². The molecule has 3 rings (SSSR count). The Labute approximate surface area is 133 Å². The fourth-order valence-electron chi connectivity index (χ4n) is 4.16. The van der Waals surface area contributed by atoms with Gasteiger partial charge in [0.15, 0.2) is 0 Å². The lowest BCUT2D eigenvalue weighted by Gasteiger charge is -2.39. The van der Waals surface area contributed by atoms with E-state index in [0.717, 1.165) is 45.1 Å². The average molecular weight is 308 g/mol. The molecule has 0 aromatic heterocycles. The predicted octanol–water partition coefficient (Wildman–Crippen LogP) is 1.66. The molecule has 0 N–H and O–H groups in total. The molecule has 1 unspecified atom stereocenters. The molecule has 0 bridgehead atoms. The van der Waals surface area contributed by atoms with E-state index in [1.165, 1.54) is 0 Å². The van der Waals surface area contributed by atoms with Gasteiger partial charge >= 0.3 is 0 Å². The molecule has 5 heteroatoms. The number of amides is 2. The van der Waals surface area contributed by atoms with E-state index in [4.69, 9.17) is 4.74 Å². The molecule has 3 aliphatic rings. The van der Waals surface area contributed by atoms with E-state index in [9.17, 15) is 9.59 Å². The molecule has 3 fully saturated rings. The average Bonchev–Trinajstić information content (AvgIpc) is 3.02. The first-order valence-electron chi connectivity index (χ1n) is 8.76. The lowest BCUT2D eigenvalue weighted by molar-refractivity contribution is -0.148. The zero-order chi connectivity index (χ0) is 15.6. The van der Waals surface area contributed by atoms with Crippen molar-refractivity contribution in [2.75, 3.05) is 39.4 Å². The van der Waals surface area contributed by atoms with Gasteiger partial charge in [-0.25, -0.2) is 0 Å². The second-order valence-corrected chi connectivity index (χ2v) is 7.30. The summed E-state index contributed by atoms with van der Waals surface area (Å²) >= 11 is 0. The van der Waals surface area contributed by atoms with Crippen LogP contribution in [0.4, 0.5) is 0 Å². The molecule has 5 nitrogen and oxygen atoms in total. The van der Waals surface area contributed by atoms with Gasteiger partial charge in [-0.15, -0.1) is 0 Å². The highest BCUT2D eigenvalue weighted by molar-refractivity contribution is 5.84. The van der Waals surface area contributed by atoms with Crippen molar-refractivity contribution in [1.29, 1.82) is 0 Å². The van der Waals surface area contributed by atoms with Crippen molar-refractivity contribution in [2.45, 2.75) is 45.4 Å². The lowest BCUT2D eigenvalue weighted by atomic mass is 9.85. The maximum Gasteiger partial charge on any atom is 0.228 e. The summed E-state index contributed by atoms with van der Waals surface area (Å²) in [6, 6.07) is 0. The van der Waals surface area contributed by atoms with Gasteiger partial charge in [0.2, 0.25) is 11.8 Å². The summed E-state index contributed by atoms with van der Waals surface area (Å²) in [6.45, 7) is 6.21. The van der Waals surface area contributed by atoms with Crippen molar-refractivity contribution in [3.8, 4) is 0 Å². The van der Waals surface area contributed by atoms with Crippen LogP contribution in [0, 0.1) is 11.3 Å². The summed E-state index contributed by atoms with van der Waals surface area (Å²) in [7, 11) is 0. The molecule has 2 heterocycles. The minimum atomic E-state index is -0.177. The second-order valence-electron chi connectivity index (χ2n) is 7.30. The third kappa shape index (κ3) is 3.14. The highest BCUT2D eigenvalue weighted by Crippen LogP contribution is 2.40. The normalized spacial score (nSPS) is 28.7. The minimum Gasteiger partial charge on any atom is -0.378 e. The molecule has 0 aromatic carbocycles. The van der Waals surface area contributed by atoms with Gasteiger partial charge in [-0.2, -0.15) is 0 Å². The molecule has 2 amide bonds. The zero-order valence-electron chi connectivity index (χ0n) is 13.7. The van der Waals surface area contributed by atoms with Gasteiger partial charge in [-0.3, -0.25) is 9.59 Å². The van der Waals surface area contributed by atoms with Crippen LogP contribution in [0.25, 0.3) is 0 Å². The zero-order valence-corrected chi connectivity index (χ0v) is 13.7. The molecule has 1 saturated carbocycles. The van der Waals surface area contributed by atoms with Gasteiger partial charge in [0, 0.05) is 31.6 Å². The largest absolute Gasteiger partial charge is 0.378 e. The van der Waals surface area contributed by atoms with Crippen LogP contribution in [0.15, 0.2) is 0 Å². The summed E-state index contributed by atoms with van der Waals surface area (Å²) in [5.74, 6) is 0.489. The Hall–Kier alpha value is -1.10. The molecule has 2 aliphatic heterocycles. The standard InChI is InChI=1S/C17H28N2O3/c1-17(6-2-3-7-17)16(21)19-8-4-5-14(13-19)15(20)18-9-11-22-12-10-18/h14H,2-13H2,1H3. The van der Waals surface area contributed by atoms with E-state index < -0.39 is 0 Å². The van der Waals surface area contributed by atoms with E-state index in [1.807, 2.05) is 9.80 Å². The van der Waals surface area contributed by atoms with E-state index in [2.05, 4.69) is 6.92 Å². The second kappa shape index (κ2) is 6.57. The number of ether oxygens (including phenoxy) is 1. The summed E-state index contributed by atoms with van der Waals surface area (Å²) in [5.41, 5.74) is -0.177. The topological polar surface area (TPSA) is 49.9 Å². The molecule has 2 saturated heterocycles. The Morgan fingerprint density at radius 1 is 1.00 bits per heavy atom. The monoisotopic (exact) mass is 308 g/mol. The van der Waals surface area contributed by atoms with Crippen molar-refractivity contribution in [3.05, 3.63) is 0 Å². The Morgan fingerprint density at radius 3 is 2.36 bits per heavy atom. The Morgan fingerprint density at radius 2 is 1.68 bits per heavy atom. The number of likely N-dealkylation sites (tertiary alicyclic amines) is 1. The third-order valence-electron chi connectivity index (χ3n) is 5.60. The SMILES string of the molecule is CC1(C(=O)N2CCCC(C(=O)N3CCOCC3)C2)CCCC1. The van der Waals surface area contributed by atoms with Crippen molar-refractivity contribution in [1.82, 2.24) is 9.80 Å². The Balaban J connectivity index is 1.61. The summed E-state index contributed by atoms with van der Waals surface area (Å²) < 4.78 is 5.32. The third-order valence-corrected chi connectivity index (χ3v) is 5.60. The van der Waals surface area contributed by atoms with Crippen molar-refractivity contribution in [2.24, 2.45) is 11.3 Å². The van der Waals surface area contributed by atoms with Crippen molar-refractivity contribution in [3.63, 3.8) is 0 Å². The first-order chi connectivity index (χ1) is 10.6. The number of carbonyl (C=O) groups excluding carboxylic acids is 2. The van der Waals surface area contributed by atoms with Gasteiger partial charge in [-0.1, -0.05) is 19.8 Å². The Kier molecular flexibility index (Phi) is 4.71. The molecule has 1 aliphatic carbocycles. The molecule has 22 heavy (non-hydrogen) atoms. The summed E-state index contributed by atoms with van der Waals surface area (Å²) in [4.78, 5) is 29.4. The molecule has 0 spiro atoms. The van der Waals surface area contributed by atoms with E-state index in [-0.39, 0.29) is 23.1 Å². The lowest BCUT2D eigenvalue weighted by Crippen LogP contribution is -2.51. The number of piperidine rings is 1. The van der Waals surface area contributed by atoms with Gasteiger partial charge in [-0.05, 0) is 25.7 Å². The van der Waals surface area contributed by atoms with Crippen LogP contribution in [-0.4, -0.2) is 61.0 Å². The number of nitrogens with zero attached hydrogens (tertiary/aromatic N) is 2. The van der Waals surface area contributed by atoms with Crippen molar-refractivity contribution < 1.29 is 14.3 Å². The first-order valence-corrected chi connectivity index (χ1v) is 8.76. The number of morpholine rings is 1. The predicted molar refractivity (Wildman–Crippen MR) is 83.3 cm³/mol. The number of rotatable bonds is 2. The van der Waals surface area contributed by atoms with Crippen LogP contribution >= 0.6 is 0 Å². The number of carbonyl (C=O) groups is 2. The quantitative estimate of drug-likeness (QED) is 0.779. The smallest absolute Gasteiger partial charge is 0.228 e. The minimum absolute atomic E-state index is 0.0131. The van der Waals surface area contributed by atoms with Gasteiger partial charge in [0.1, 0.15) is 0 Å². The van der Waals surface area contributed by atoms with Crippen LogP contribution in [0.1, 0.15) is 45.4 Å². The molecular weight excluding hydrogens is 280 g/mol. The van der Waals surface area contributed by atoms with Gasteiger partial charge < -0.3 is 14.5 Å². The Bertz CT molecular complexity index is 426. The van der Waals surface area contributed by atoms with Gasteiger partial charge in [0.25, 0.3) is 0 Å². The molecule has 124 valence electrons.